The van der Waals surface area contributed by atoms with Gasteiger partial charge in [-0.1, -0.05) is 18.2 Å². The van der Waals surface area contributed by atoms with Crippen molar-refractivity contribution in [2.24, 2.45) is 7.05 Å². The second kappa shape index (κ2) is 5.53. The fourth-order valence-electron chi connectivity index (χ4n) is 2.98. The normalized spacial score (nSPS) is 19.9. The summed E-state index contributed by atoms with van der Waals surface area (Å²) in [7, 11) is 2.04. The Balaban J connectivity index is 1.69. The maximum Gasteiger partial charge on any atom is 0.124 e. The van der Waals surface area contributed by atoms with Crippen molar-refractivity contribution in [2.45, 2.75) is 38.3 Å². The average Bonchev–Trinajstić information content (AvgIpc) is 2.83. The molecular formula is C17H23N3O. The molecule has 0 amide bonds. The van der Waals surface area contributed by atoms with Crippen LogP contribution in [0.4, 0.5) is 0 Å². The Kier molecular flexibility index (Phi) is 3.72. The minimum atomic E-state index is -0.130. The van der Waals surface area contributed by atoms with E-state index in [9.17, 15) is 0 Å². The third-order valence-electron chi connectivity index (χ3n) is 4.04. The predicted molar refractivity (Wildman–Crippen MR) is 83.4 cm³/mol. The van der Waals surface area contributed by atoms with Gasteiger partial charge >= 0.3 is 0 Å². The number of aryl methyl sites for hydroxylation is 1. The van der Waals surface area contributed by atoms with E-state index < -0.39 is 0 Å². The third kappa shape index (κ3) is 3.10. The fourth-order valence-corrected chi connectivity index (χ4v) is 2.98. The van der Waals surface area contributed by atoms with Crippen molar-refractivity contribution >= 4 is 0 Å². The molecule has 0 saturated heterocycles. The van der Waals surface area contributed by atoms with Crippen LogP contribution in [0.1, 0.15) is 37.7 Å². The van der Waals surface area contributed by atoms with Gasteiger partial charge in [-0.25, -0.2) is 4.98 Å². The first-order valence-electron chi connectivity index (χ1n) is 7.53. The Labute approximate surface area is 126 Å². The molecule has 0 aliphatic carbocycles. The molecule has 0 saturated carbocycles. The molecule has 4 heteroatoms. The van der Waals surface area contributed by atoms with Crippen LogP contribution in [0.2, 0.25) is 0 Å². The molecule has 1 aliphatic heterocycles. The molecular weight excluding hydrogens is 262 g/mol. The van der Waals surface area contributed by atoms with Gasteiger partial charge in [0.05, 0.1) is 0 Å². The van der Waals surface area contributed by atoms with Crippen molar-refractivity contribution in [3.63, 3.8) is 0 Å². The summed E-state index contributed by atoms with van der Waals surface area (Å²) >= 11 is 0. The maximum atomic E-state index is 6.06. The minimum absolute atomic E-state index is 0.130. The van der Waals surface area contributed by atoms with E-state index in [1.807, 2.05) is 25.5 Å². The van der Waals surface area contributed by atoms with Gasteiger partial charge < -0.3 is 14.6 Å². The van der Waals surface area contributed by atoms with Crippen molar-refractivity contribution in [2.75, 3.05) is 6.54 Å². The highest BCUT2D eigenvalue weighted by Crippen LogP contribution is 2.39. The number of para-hydroxylation sites is 1. The van der Waals surface area contributed by atoms with Crippen LogP contribution in [0.25, 0.3) is 0 Å². The number of hydrogen-bond donors (Lipinski definition) is 1. The van der Waals surface area contributed by atoms with Gasteiger partial charge in [-0.05, 0) is 19.9 Å². The van der Waals surface area contributed by atoms with Gasteiger partial charge in [0.15, 0.2) is 0 Å². The van der Waals surface area contributed by atoms with Crippen LogP contribution >= 0.6 is 0 Å². The fraction of sp³-hybridized carbons (Fsp3) is 0.471. The number of nitrogens with one attached hydrogen (secondary N) is 1. The second-order valence-electron chi connectivity index (χ2n) is 6.31. The molecule has 1 atom stereocenters. The zero-order valence-electron chi connectivity index (χ0n) is 13.0. The third-order valence-corrected chi connectivity index (χ3v) is 4.04. The van der Waals surface area contributed by atoms with E-state index in [0.717, 1.165) is 31.0 Å². The molecule has 2 heterocycles. The van der Waals surface area contributed by atoms with E-state index in [2.05, 4.69) is 46.9 Å². The lowest BCUT2D eigenvalue weighted by Crippen LogP contribution is -2.40. The van der Waals surface area contributed by atoms with Gasteiger partial charge in [0.1, 0.15) is 17.2 Å². The summed E-state index contributed by atoms with van der Waals surface area (Å²) < 4.78 is 8.14. The van der Waals surface area contributed by atoms with Gasteiger partial charge in [0.2, 0.25) is 0 Å². The SMILES string of the molecule is Cn1ccnc1CCNC1CC(C)(C)Oc2ccccc21. The molecule has 21 heavy (non-hydrogen) atoms. The molecule has 1 aliphatic rings. The smallest absolute Gasteiger partial charge is 0.124 e. The number of benzene rings is 1. The molecule has 1 aromatic heterocycles. The summed E-state index contributed by atoms with van der Waals surface area (Å²) in [6.07, 6.45) is 5.75. The Hall–Kier alpha value is -1.81. The molecule has 4 nitrogen and oxygen atoms in total. The molecule has 112 valence electrons. The molecule has 0 spiro atoms. The Morgan fingerprint density at radius 2 is 2.19 bits per heavy atom. The summed E-state index contributed by atoms with van der Waals surface area (Å²) in [5.74, 6) is 2.12. The molecule has 0 bridgehead atoms. The monoisotopic (exact) mass is 285 g/mol. The van der Waals surface area contributed by atoms with Crippen molar-refractivity contribution in [1.82, 2.24) is 14.9 Å². The zero-order valence-corrected chi connectivity index (χ0v) is 13.0. The first-order chi connectivity index (χ1) is 10.1. The summed E-state index contributed by atoms with van der Waals surface area (Å²) in [6, 6.07) is 8.66. The number of aromatic nitrogens is 2. The Morgan fingerprint density at radius 3 is 2.95 bits per heavy atom. The molecule has 0 radical (unpaired) electrons. The van der Waals surface area contributed by atoms with E-state index in [0.29, 0.717) is 6.04 Å². The standard InChI is InChI=1S/C17H23N3O/c1-17(2)12-14(13-6-4-5-7-15(13)21-17)18-9-8-16-19-10-11-20(16)3/h4-7,10-11,14,18H,8-9,12H2,1-3H3. The van der Waals surface area contributed by atoms with Crippen LogP contribution in [0.15, 0.2) is 36.7 Å². The van der Waals surface area contributed by atoms with E-state index in [1.54, 1.807) is 0 Å². The number of hydrogen-bond acceptors (Lipinski definition) is 3. The highest BCUT2D eigenvalue weighted by molar-refractivity contribution is 5.38. The van der Waals surface area contributed by atoms with Crippen LogP contribution in [0.3, 0.4) is 0 Å². The minimum Gasteiger partial charge on any atom is -0.487 e. The summed E-state index contributed by atoms with van der Waals surface area (Å²) in [5, 5.41) is 3.67. The lowest BCUT2D eigenvalue weighted by molar-refractivity contribution is 0.0662. The first kappa shape index (κ1) is 14.1. The lowest BCUT2D eigenvalue weighted by Gasteiger charge is -2.38. The molecule has 3 rings (SSSR count). The van der Waals surface area contributed by atoms with E-state index in [-0.39, 0.29) is 5.60 Å². The average molecular weight is 285 g/mol. The predicted octanol–water partition coefficient (Wildman–Crippen LogP) is 2.85. The highest BCUT2D eigenvalue weighted by Gasteiger charge is 2.33. The molecule has 1 aromatic carbocycles. The van der Waals surface area contributed by atoms with E-state index >= 15 is 0 Å². The molecule has 2 aromatic rings. The zero-order chi connectivity index (χ0) is 14.9. The number of ether oxygens (including phenoxy) is 1. The highest BCUT2D eigenvalue weighted by atomic mass is 16.5. The number of nitrogens with zero attached hydrogens (tertiary/aromatic N) is 2. The van der Waals surface area contributed by atoms with Crippen molar-refractivity contribution in [3.05, 3.63) is 48.0 Å². The van der Waals surface area contributed by atoms with Crippen LogP contribution in [0, 0.1) is 0 Å². The summed E-state index contributed by atoms with van der Waals surface area (Å²) in [5.41, 5.74) is 1.13. The Morgan fingerprint density at radius 1 is 1.38 bits per heavy atom. The van der Waals surface area contributed by atoms with Crippen LogP contribution in [0.5, 0.6) is 5.75 Å². The maximum absolute atomic E-state index is 6.06. The van der Waals surface area contributed by atoms with Crippen LogP contribution in [-0.4, -0.2) is 21.7 Å². The van der Waals surface area contributed by atoms with E-state index in [1.165, 1.54) is 5.56 Å². The molecule has 0 fully saturated rings. The second-order valence-corrected chi connectivity index (χ2v) is 6.31. The lowest BCUT2D eigenvalue weighted by atomic mass is 9.89. The van der Waals surface area contributed by atoms with Crippen molar-refractivity contribution in [1.29, 1.82) is 0 Å². The van der Waals surface area contributed by atoms with Gasteiger partial charge in [0.25, 0.3) is 0 Å². The van der Waals surface area contributed by atoms with Crippen molar-refractivity contribution in [3.8, 4) is 5.75 Å². The summed E-state index contributed by atoms with van der Waals surface area (Å²) in [4.78, 5) is 4.37. The topological polar surface area (TPSA) is 39.1 Å². The largest absolute Gasteiger partial charge is 0.487 e. The van der Waals surface area contributed by atoms with Gasteiger partial charge in [-0.15, -0.1) is 0 Å². The van der Waals surface area contributed by atoms with Gasteiger partial charge in [-0.2, -0.15) is 0 Å². The molecule has 1 unspecified atom stereocenters. The Bertz CT molecular complexity index is 618. The van der Waals surface area contributed by atoms with Crippen LogP contribution < -0.4 is 10.1 Å². The number of imidazole rings is 1. The molecule has 1 N–H and O–H groups in total. The quantitative estimate of drug-likeness (QED) is 0.939. The van der Waals surface area contributed by atoms with Gasteiger partial charge in [0, 0.05) is 50.4 Å². The first-order valence-corrected chi connectivity index (χ1v) is 7.53. The number of fused-ring (bicyclic) bond motifs is 1. The van der Waals surface area contributed by atoms with Crippen molar-refractivity contribution < 1.29 is 4.74 Å². The van der Waals surface area contributed by atoms with E-state index in [4.69, 9.17) is 4.74 Å². The number of rotatable bonds is 4. The van der Waals surface area contributed by atoms with Gasteiger partial charge in [-0.3, -0.25) is 0 Å². The van der Waals surface area contributed by atoms with Crippen LogP contribution in [-0.2, 0) is 13.5 Å². The summed E-state index contributed by atoms with van der Waals surface area (Å²) in [6.45, 7) is 5.21.